The summed E-state index contributed by atoms with van der Waals surface area (Å²) in [6.07, 6.45) is 0. The Morgan fingerprint density at radius 2 is 1.60 bits per heavy atom. The van der Waals surface area contributed by atoms with Crippen molar-refractivity contribution in [3.63, 3.8) is 0 Å². The molecule has 0 radical (unpaired) electrons. The van der Waals surface area contributed by atoms with E-state index in [9.17, 15) is 9.59 Å². The summed E-state index contributed by atoms with van der Waals surface area (Å²) in [6.45, 7) is 3.75. The van der Waals surface area contributed by atoms with Crippen LogP contribution in [0.5, 0.6) is 0 Å². The molecule has 0 aliphatic rings. The summed E-state index contributed by atoms with van der Waals surface area (Å²) in [4.78, 5) is 27.7. The highest BCUT2D eigenvalue weighted by Crippen LogP contribution is 2.13. The minimum atomic E-state index is -0.411. The number of aromatic nitrogens is 2. The fourth-order valence-corrected chi connectivity index (χ4v) is 2.42. The molecule has 1 heterocycles. The van der Waals surface area contributed by atoms with Gasteiger partial charge in [-0.3, -0.25) is 4.79 Å². The van der Waals surface area contributed by atoms with Gasteiger partial charge in [0.05, 0.1) is 16.6 Å². The number of nitrogens with zero attached hydrogens (tertiary/aromatic N) is 1. The SMILES string of the molecule is Cc1ccccc1-n1c(=O)[nH]c2c(C)cccc2c1=O. The number of para-hydroxylation sites is 2. The van der Waals surface area contributed by atoms with Gasteiger partial charge in [-0.15, -0.1) is 0 Å². The molecule has 0 unspecified atom stereocenters. The zero-order valence-electron chi connectivity index (χ0n) is 11.3. The highest BCUT2D eigenvalue weighted by Gasteiger charge is 2.11. The van der Waals surface area contributed by atoms with Crippen LogP contribution < -0.4 is 11.2 Å². The Morgan fingerprint density at radius 3 is 2.35 bits per heavy atom. The third kappa shape index (κ3) is 1.77. The third-order valence-corrected chi connectivity index (χ3v) is 3.50. The second-order valence-corrected chi connectivity index (χ2v) is 4.85. The molecule has 3 rings (SSSR count). The lowest BCUT2D eigenvalue weighted by Crippen LogP contribution is -2.34. The van der Waals surface area contributed by atoms with Crippen LogP contribution in [0.15, 0.2) is 52.1 Å². The third-order valence-electron chi connectivity index (χ3n) is 3.50. The number of hydrogen-bond acceptors (Lipinski definition) is 2. The summed E-state index contributed by atoms with van der Waals surface area (Å²) in [5.41, 5.74) is 2.28. The molecule has 2 aromatic carbocycles. The van der Waals surface area contributed by atoms with Crippen molar-refractivity contribution in [2.75, 3.05) is 0 Å². The highest BCUT2D eigenvalue weighted by molar-refractivity contribution is 5.80. The van der Waals surface area contributed by atoms with E-state index in [4.69, 9.17) is 0 Å². The summed E-state index contributed by atoms with van der Waals surface area (Å²) in [5, 5.41) is 0.521. The fourth-order valence-electron chi connectivity index (χ4n) is 2.42. The average molecular weight is 266 g/mol. The molecule has 20 heavy (non-hydrogen) atoms. The lowest BCUT2D eigenvalue weighted by Gasteiger charge is -2.09. The molecule has 1 N–H and O–H groups in total. The van der Waals surface area contributed by atoms with E-state index >= 15 is 0 Å². The molecule has 0 aliphatic carbocycles. The number of hydrogen-bond donors (Lipinski definition) is 1. The molecular formula is C16H14N2O2. The molecule has 0 fully saturated rings. The van der Waals surface area contributed by atoms with Gasteiger partial charge in [-0.25, -0.2) is 9.36 Å². The lowest BCUT2D eigenvalue weighted by molar-refractivity contribution is 0.892. The molecule has 0 amide bonds. The first-order chi connectivity index (χ1) is 9.59. The van der Waals surface area contributed by atoms with Crippen molar-refractivity contribution in [3.8, 4) is 5.69 Å². The Hall–Kier alpha value is -2.62. The number of benzene rings is 2. The quantitative estimate of drug-likeness (QED) is 0.734. The van der Waals surface area contributed by atoms with Crippen LogP contribution in [0, 0.1) is 13.8 Å². The van der Waals surface area contributed by atoms with Gasteiger partial charge in [-0.1, -0.05) is 30.3 Å². The van der Waals surface area contributed by atoms with Crippen LogP contribution in [0.3, 0.4) is 0 Å². The maximum atomic E-state index is 12.6. The van der Waals surface area contributed by atoms with E-state index in [1.165, 1.54) is 4.57 Å². The molecule has 100 valence electrons. The van der Waals surface area contributed by atoms with Crippen LogP contribution in [-0.2, 0) is 0 Å². The molecule has 1 aromatic heterocycles. The largest absolute Gasteiger partial charge is 0.333 e. The molecule has 3 aromatic rings. The average Bonchev–Trinajstić information content (AvgIpc) is 2.42. The smallest absolute Gasteiger partial charge is 0.306 e. The molecule has 0 spiro atoms. The van der Waals surface area contributed by atoms with Crippen molar-refractivity contribution >= 4 is 10.9 Å². The number of H-pyrrole nitrogens is 1. The van der Waals surface area contributed by atoms with Crippen LogP contribution >= 0.6 is 0 Å². The van der Waals surface area contributed by atoms with Crippen LogP contribution in [-0.4, -0.2) is 9.55 Å². The summed E-state index contributed by atoms with van der Waals surface area (Å²) >= 11 is 0. The minimum Gasteiger partial charge on any atom is -0.306 e. The van der Waals surface area contributed by atoms with E-state index in [1.54, 1.807) is 12.1 Å². The van der Waals surface area contributed by atoms with Crippen molar-refractivity contribution in [2.45, 2.75) is 13.8 Å². The summed E-state index contributed by atoms with van der Waals surface area (Å²) < 4.78 is 1.19. The van der Waals surface area contributed by atoms with E-state index in [2.05, 4.69) is 4.98 Å². The van der Waals surface area contributed by atoms with Gasteiger partial charge in [0.1, 0.15) is 0 Å². The number of rotatable bonds is 1. The minimum absolute atomic E-state index is 0.290. The Morgan fingerprint density at radius 1 is 0.900 bits per heavy atom. The Bertz CT molecular complexity index is 920. The van der Waals surface area contributed by atoms with Gasteiger partial charge >= 0.3 is 5.69 Å². The van der Waals surface area contributed by atoms with E-state index in [1.807, 2.05) is 44.2 Å². The monoisotopic (exact) mass is 266 g/mol. The number of nitrogens with one attached hydrogen (secondary N) is 1. The Labute approximate surface area is 115 Å². The second-order valence-electron chi connectivity index (χ2n) is 4.85. The maximum Gasteiger partial charge on any atom is 0.333 e. The first kappa shape index (κ1) is 12.4. The first-order valence-electron chi connectivity index (χ1n) is 6.40. The van der Waals surface area contributed by atoms with Crippen LogP contribution in [0.1, 0.15) is 11.1 Å². The zero-order chi connectivity index (χ0) is 14.3. The van der Waals surface area contributed by atoms with Crippen LogP contribution in [0.25, 0.3) is 16.6 Å². The molecular weight excluding hydrogens is 252 g/mol. The Kier molecular flexibility index (Phi) is 2.79. The molecule has 4 heteroatoms. The van der Waals surface area contributed by atoms with Crippen molar-refractivity contribution in [2.24, 2.45) is 0 Å². The fraction of sp³-hybridized carbons (Fsp3) is 0.125. The number of aromatic amines is 1. The van der Waals surface area contributed by atoms with Gasteiger partial charge in [-0.05, 0) is 37.1 Å². The zero-order valence-corrected chi connectivity index (χ0v) is 11.3. The van der Waals surface area contributed by atoms with E-state index in [0.29, 0.717) is 16.6 Å². The van der Waals surface area contributed by atoms with Gasteiger partial charge in [0, 0.05) is 0 Å². The molecule has 0 atom stereocenters. The second kappa shape index (κ2) is 4.49. The molecule has 0 saturated heterocycles. The number of fused-ring (bicyclic) bond motifs is 1. The maximum absolute atomic E-state index is 12.6. The predicted molar refractivity (Wildman–Crippen MR) is 79.6 cm³/mol. The predicted octanol–water partition coefficient (Wildman–Crippen LogP) is 2.30. The normalized spacial score (nSPS) is 10.9. The van der Waals surface area contributed by atoms with Gasteiger partial charge < -0.3 is 4.98 Å². The molecule has 0 bridgehead atoms. The Balaban J connectivity index is 2.48. The molecule has 4 nitrogen and oxygen atoms in total. The van der Waals surface area contributed by atoms with E-state index in [-0.39, 0.29) is 5.56 Å². The van der Waals surface area contributed by atoms with Crippen LogP contribution in [0.4, 0.5) is 0 Å². The van der Waals surface area contributed by atoms with Gasteiger partial charge in [-0.2, -0.15) is 0 Å². The topological polar surface area (TPSA) is 54.9 Å². The van der Waals surface area contributed by atoms with Gasteiger partial charge in [0.15, 0.2) is 0 Å². The van der Waals surface area contributed by atoms with E-state index in [0.717, 1.165) is 11.1 Å². The van der Waals surface area contributed by atoms with Gasteiger partial charge in [0.25, 0.3) is 5.56 Å². The van der Waals surface area contributed by atoms with Crippen molar-refractivity contribution in [3.05, 3.63) is 74.4 Å². The summed E-state index contributed by atoms with van der Waals surface area (Å²) in [5.74, 6) is 0. The lowest BCUT2D eigenvalue weighted by atomic mass is 10.1. The standard InChI is InChI=1S/C16H14N2O2/c1-10-6-3-4-9-13(10)18-15(19)12-8-5-7-11(2)14(12)17-16(18)20/h3-9H,1-2H3,(H,17,20). The van der Waals surface area contributed by atoms with Crippen molar-refractivity contribution < 1.29 is 0 Å². The first-order valence-corrected chi connectivity index (χ1v) is 6.40. The van der Waals surface area contributed by atoms with Gasteiger partial charge in [0.2, 0.25) is 0 Å². The number of aryl methyl sites for hydroxylation is 2. The van der Waals surface area contributed by atoms with Crippen molar-refractivity contribution in [1.82, 2.24) is 9.55 Å². The van der Waals surface area contributed by atoms with E-state index < -0.39 is 5.69 Å². The summed E-state index contributed by atoms with van der Waals surface area (Å²) in [7, 11) is 0. The molecule has 0 aliphatic heterocycles. The highest BCUT2D eigenvalue weighted by atomic mass is 16.2. The van der Waals surface area contributed by atoms with Crippen molar-refractivity contribution in [1.29, 1.82) is 0 Å². The van der Waals surface area contributed by atoms with Crippen LogP contribution in [0.2, 0.25) is 0 Å². The summed E-state index contributed by atoms with van der Waals surface area (Å²) in [6, 6.07) is 12.8. The molecule has 0 saturated carbocycles.